The van der Waals surface area contributed by atoms with Crippen LogP contribution in [0.25, 0.3) is 0 Å². The van der Waals surface area contributed by atoms with Crippen LogP contribution in [0.2, 0.25) is 10.0 Å². The van der Waals surface area contributed by atoms with Gasteiger partial charge in [-0.05, 0) is 42.3 Å². The molecule has 0 saturated carbocycles. The minimum atomic E-state index is 0.0287. The standard InChI is InChI=1S/C15H13Cl2NO2/c1-2-9-3-6-14(19)12(7-9)15(18-20)11-5-4-10(16)8-13(11)17/h3-8,19-20H,2H2,1H3/b18-15-. The van der Waals surface area contributed by atoms with Crippen molar-refractivity contribution in [3.05, 3.63) is 63.1 Å². The summed E-state index contributed by atoms with van der Waals surface area (Å²) in [5.74, 6) is 0.0287. The molecule has 104 valence electrons. The molecule has 0 radical (unpaired) electrons. The van der Waals surface area contributed by atoms with E-state index in [1.54, 1.807) is 30.3 Å². The Hall–Kier alpha value is -1.71. The number of benzene rings is 2. The fraction of sp³-hybridized carbons (Fsp3) is 0.133. The van der Waals surface area contributed by atoms with Gasteiger partial charge < -0.3 is 10.3 Å². The van der Waals surface area contributed by atoms with Crippen molar-refractivity contribution in [1.82, 2.24) is 0 Å². The summed E-state index contributed by atoms with van der Waals surface area (Å²) in [5.41, 5.74) is 2.15. The maximum Gasteiger partial charge on any atom is 0.125 e. The van der Waals surface area contributed by atoms with E-state index in [9.17, 15) is 10.3 Å². The average molecular weight is 310 g/mol. The van der Waals surface area contributed by atoms with Gasteiger partial charge in [0.1, 0.15) is 11.5 Å². The van der Waals surface area contributed by atoms with Crippen LogP contribution < -0.4 is 0 Å². The first-order valence-corrected chi connectivity index (χ1v) is 6.82. The number of aryl methyl sites for hydroxylation is 1. The van der Waals surface area contributed by atoms with E-state index in [1.165, 1.54) is 0 Å². The van der Waals surface area contributed by atoms with E-state index in [-0.39, 0.29) is 11.5 Å². The molecule has 20 heavy (non-hydrogen) atoms. The summed E-state index contributed by atoms with van der Waals surface area (Å²) in [6, 6.07) is 10.0. The Kier molecular flexibility index (Phi) is 4.53. The number of hydrogen-bond donors (Lipinski definition) is 2. The fourth-order valence-electron chi connectivity index (χ4n) is 1.93. The maximum atomic E-state index is 9.98. The zero-order valence-electron chi connectivity index (χ0n) is 10.8. The van der Waals surface area contributed by atoms with Gasteiger partial charge in [0.2, 0.25) is 0 Å². The highest BCUT2D eigenvalue weighted by molar-refractivity contribution is 6.38. The molecule has 0 bridgehead atoms. The molecule has 0 spiro atoms. The third-order valence-corrected chi connectivity index (χ3v) is 3.56. The largest absolute Gasteiger partial charge is 0.507 e. The number of phenols is 1. The van der Waals surface area contributed by atoms with Gasteiger partial charge in [-0.15, -0.1) is 0 Å². The van der Waals surface area contributed by atoms with Crippen LogP contribution in [0.3, 0.4) is 0 Å². The molecule has 0 aromatic heterocycles. The number of hydrogen-bond acceptors (Lipinski definition) is 3. The van der Waals surface area contributed by atoms with Gasteiger partial charge in [-0.25, -0.2) is 0 Å². The second kappa shape index (κ2) is 6.16. The van der Waals surface area contributed by atoms with Crippen LogP contribution in [0.4, 0.5) is 0 Å². The van der Waals surface area contributed by atoms with Crippen molar-refractivity contribution < 1.29 is 10.3 Å². The lowest BCUT2D eigenvalue weighted by atomic mass is 9.98. The van der Waals surface area contributed by atoms with Crippen LogP contribution in [0.5, 0.6) is 5.75 Å². The van der Waals surface area contributed by atoms with E-state index in [1.807, 2.05) is 13.0 Å². The quantitative estimate of drug-likeness (QED) is 0.498. The number of nitrogens with zero attached hydrogens (tertiary/aromatic N) is 1. The molecule has 0 aliphatic carbocycles. The van der Waals surface area contributed by atoms with Crippen LogP contribution >= 0.6 is 23.2 Å². The lowest BCUT2D eigenvalue weighted by molar-refractivity contribution is 0.319. The molecule has 0 unspecified atom stereocenters. The Morgan fingerprint density at radius 3 is 2.45 bits per heavy atom. The molecule has 3 nitrogen and oxygen atoms in total. The van der Waals surface area contributed by atoms with E-state index in [4.69, 9.17) is 23.2 Å². The van der Waals surface area contributed by atoms with Crippen molar-refractivity contribution in [2.45, 2.75) is 13.3 Å². The monoisotopic (exact) mass is 309 g/mol. The number of oxime groups is 1. The van der Waals surface area contributed by atoms with Gasteiger partial charge in [0.15, 0.2) is 0 Å². The molecule has 0 aliphatic heterocycles. The number of aromatic hydroxyl groups is 1. The summed E-state index contributed by atoms with van der Waals surface area (Å²) >= 11 is 12.0. The Labute approximate surface area is 127 Å². The predicted octanol–water partition coefficient (Wildman–Crippen LogP) is 4.49. The topological polar surface area (TPSA) is 52.8 Å². The lowest BCUT2D eigenvalue weighted by Gasteiger charge is -2.10. The zero-order valence-corrected chi connectivity index (χ0v) is 12.3. The molecule has 0 heterocycles. The van der Waals surface area contributed by atoms with Crippen molar-refractivity contribution in [3.63, 3.8) is 0 Å². The summed E-state index contributed by atoms with van der Waals surface area (Å²) in [6.45, 7) is 2.00. The molecule has 2 rings (SSSR count). The first-order valence-electron chi connectivity index (χ1n) is 6.06. The highest BCUT2D eigenvalue weighted by Crippen LogP contribution is 2.28. The minimum absolute atomic E-state index is 0.0287. The first-order chi connectivity index (χ1) is 9.56. The van der Waals surface area contributed by atoms with Crippen molar-refractivity contribution in [3.8, 4) is 5.75 Å². The van der Waals surface area contributed by atoms with Gasteiger partial charge in [-0.3, -0.25) is 0 Å². The number of halogens is 2. The molecular weight excluding hydrogens is 297 g/mol. The van der Waals surface area contributed by atoms with Crippen molar-refractivity contribution in [2.24, 2.45) is 5.16 Å². The second-order valence-electron chi connectivity index (χ2n) is 4.28. The molecule has 5 heteroatoms. The summed E-state index contributed by atoms with van der Waals surface area (Å²) < 4.78 is 0. The van der Waals surface area contributed by atoms with Crippen LogP contribution in [0, 0.1) is 0 Å². The molecule has 0 atom stereocenters. The van der Waals surface area contributed by atoms with Gasteiger partial charge >= 0.3 is 0 Å². The van der Waals surface area contributed by atoms with E-state index in [0.717, 1.165) is 12.0 Å². The van der Waals surface area contributed by atoms with Gasteiger partial charge in [0.25, 0.3) is 0 Å². The molecule has 2 aromatic carbocycles. The van der Waals surface area contributed by atoms with Gasteiger partial charge in [0.05, 0.1) is 5.02 Å². The lowest BCUT2D eigenvalue weighted by Crippen LogP contribution is -2.05. The highest BCUT2D eigenvalue weighted by Gasteiger charge is 2.16. The average Bonchev–Trinajstić information content (AvgIpc) is 2.43. The maximum absolute atomic E-state index is 9.98. The van der Waals surface area contributed by atoms with Crippen molar-refractivity contribution >= 4 is 28.9 Å². The summed E-state index contributed by atoms with van der Waals surface area (Å²) in [6.07, 6.45) is 0.806. The Morgan fingerprint density at radius 1 is 1.10 bits per heavy atom. The van der Waals surface area contributed by atoms with Crippen LogP contribution in [0.15, 0.2) is 41.6 Å². The first kappa shape index (κ1) is 14.7. The normalized spacial score (nSPS) is 11.7. The molecule has 0 saturated heterocycles. The molecule has 0 amide bonds. The summed E-state index contributed by atoms with van der Waals surface area (Å²) in [5, 5.41) is 23.4. The molecule has 2 aromatic rings. The molecular formula is C15H13Cl2NO2. The van der Waals surface area contributed by atoms with Gasteiger partial charge in [-0.1, -0.05) is 41.3 Å². The van der Waals surface area contributed by atoms with Crippen LogP contribution in [-0.4, -0.2) is 16.0 Å². The van der Waals surface area contributed by atoms with Gasteiger partial charge in [0, 0.05) is 16.1 Å². The van der Waals surface area contributed by atoms with Gasteiger partial charge in [-0.2, -0.15) is 0 Å². The number of rotatable bonds is 3. The Morgan fingerprint density at radius 2 is 1.85 bits per heavy atom. The second-order valence-corrected chi connectivity index (χ2v) is 5.12. The van der Waals surface area contributed by atoms with E-state index >= 15 is 0 Å². The fourth-order valence-corrected chi connectivity index (χ4v) is 2.43. The van der Waals surface area contributed by atoms with E-state index in [0.29, 0.717) is 21.2 Å². The Bertz CT molecular complexity index is 669. The third kappa shape index (κ3) is 2.89. The van der Waals surface area contributed by atoms with E-state index in [2.05, 4.69) is 5.16 Å². The van der Waals surface area contributed by atoms with Crippen LogP contribution in [0.1, 0.15) is 23.6 Å². The highest BCUT2D eigenvalue weighted by atomic mass is 35.5. The van der Waals surface area contributed by atoms with Crippen molar-refractivity contribution in [2.75, 3.05) is 0 Å². The number of phenolic OH excluding ortho intramolecular Hbond substituents is 1. The van der Waals surface area contributed by atoms with Crippen LogP contribution in [-0.2, 0) is 6.42 Å². The zero-order chi connectivity index (χ0) is 14.7. The SMILES string of the molecule is CCc1ccc(O)c(/C(=N\O)c2ccc(Cl)cc2Cl)c1. The minimum Gasteiger partial charge on any atom is -0.507 e. The third-order valence-electron chi connectivity index (χ3n) is 3.01. The van der Waals surface area contributed by atoms with Crippen molar-refractivity contribution in [1.29, 1.82) is 0 Å². The molecule has 2 N–H and O–H groups in total. The Balaban J connectivity index is 2.58. The summed E-state index contributed by atoms with van der Waals surface area (Å²) in [7, 11) is 0. The molecule has 0 aliphatic rings. The van der Waals surface area contributed by atoms with E-state index < -0.39 is 0 Å². The smallest absolute Gasteiger partial charge is 0.125 e. The summed E-state index contributed by atoms with van der Waals surface area (Å²) in [4.78, 5) is 0. The molecule has 0 fully saturated rings. The predicted molar refractivity (Wildman–Crippen MR) is 81.4 cm³/mol.